The number of anilines is 3. The van der Waals surface area contributed by atoms with Crippen LogP contribution in [0.1, 0.15) is 24.6 Å². The molecule has 1 unspecified atom stereocenters. The van der Waals surface area contributed by atoms with Gasteiger partial charge in [0, 0.05) is 72.9 Å². The van der Waals surface area contributed by atoms with Crippen molar-refractivity contribution in [2.45, 2.75) is 26.8 Å². The number of morpholine rings is 1. The fraction of sp³-hybridized carbons (Fsp3) is 0.355. The maximum absolute atomic E-state index is 12.8. The highest BCUT2D eigenvalue weighted by Gasteiger charge is 2.21. The monoisotopic (exact) mass is 583 g/mol. The molecule has 2 aliphatic rings. The molecule has 11 heteroatoms. The Hall–Kier alpha value is -4.06. The Kier molecular flexibility index (Phi) is 7.22. The zero-order valence-corrected chi connectivity index (χ0v) is 24.6. The van der Waals surface area contributed by atoms with Crippen LogP contribution in [0.2, 0.25) is 0 Å². The predicted octanol–water partition coefficient (Wildman–Crippen LogP) is 5.23. The van der Waals surface area contributed by atoms with E-state index in [-0.39, 0.29) is 5.43 Å². The Morgan fingerprint density at radius 1 is 1.12 bits per heavy atom. The van der Waals surface area contributed by atoms with E-state index in [2.05, 4.69) is 40.1 Å². The number of fused-ring (bicyclic) bond motifs is 1. The van der Waals surface area contributed by atoms with Crippen LogP contribution in [0, 0.1) is 12.8 Å². The summed E-state index contributed by atoms with van der Waals surface area (Å²) in [7, 11) is 0. The Morgan fingerprint density at radius 2 is 1.95 bits per heavy atom. The molecule has 6 heterocycles. The molecule has 4 aromatic heterocycles. The molecule has 2 saturated heterocycles. The van der Waals surface area contributed by atoms with Crippen LogP contribution in [0.5, 0.6) is 0 Å². The van der Waals surface area contributed by atoms with Crippen molar-refractivity contribution in [2.75, 3.05) is 49.6 Å². The van der Waals surface area contributed by atoms with Crippen molar-refractivity contribution < 1.29 is 9.15 Å². The van der Waals surface area contributed by atoms with Crippen molar-refractivity contribution >= 4 is 39.1 Å². The van der Waals surface area contributed by atoms with Gasteiger partial charge in [-0.2, -0.15) is 10.1 Å². The fourth-order valence-electron chi connectivity index (χ4n) is 5.65. The molecular weight excluding hydrogens is 550 g/mol. The van der Waals surface area contributed by atoms with Crippen LogP contribution in [-0.2, 0) is 11.3 Å². The second-order valence-corrected chi connectivity index (χ2v) is 12.0. The topological polar surface area (TPSA) is 102 Å². The number of ether oxygens (including phenoxy) is 1. The quantitative estimate of drug-likeness (QED) is 0.276. The minimum absolute atomic E-state index is 0.0190. The number of benzene rings is 1. The van der Waals surface area contributed by atoms with Gasteiger partial charge in [0.2, 0.25) is 11.4 Å². The lowest BCUT2D eigenvalue weighted by Gasteiger charge is -2.27. The van der Waals surface area contributed by atoms with Crippen LogP contribution in [-0.4, -0.2) is 64.0 Å². The molecular formula is C31H33N7O3S. The molecule has 0 aliphatic carbocycles. The first-order valence-electron chi connectivity index (χ1n) is 14.4. The lowest BCUT2D eigenvalue weighted by atomic mass is 10.1. The molecule has 0 saturated carbocycles. The van der Waals surface area contributed by atoms with E-state index >= 15 is 0 Å². The SMILES string of the molecule is Cc1nn(-c2ccnc(Nc3ccc(-c4csc5c(=O)cc(N6CCOCC6)oc45)cc3)n2)cc1CN1CCC(C)C1. The van der Waals surface area contributed by atoms with Gasteiger partial charge in [-0.3, -0.25) is 9.69 Å². The maximum atomic E-state index is 12.8. The van der Waals surface area contributed by atoms with E-state index in [1.165, 1.54) is 23.3 Å². The maximum Gasteiger partial charge on any atom is 0.229 e. The summed E-state index contributed by atoms with van der Waals surface area (Å²) >= 11 is 1.41. The molecule has 1 aromatic carbocycles. The van der Waals surface area contributed by atoms with E-state index in [1.54, 1.807) is 12.3 Å². The van der Waals surface area contributed by atoms with Gasteiger partial charge in [-0.15, -0.1) is 11.3 Å². The van der Waals surface area contributed by atoms with Gasteiger partial charge >= 0.3 is 0 Å². The number of nitrogens with zero attached hydrogens (tertiary/aromatic N) is 6. The van der Waals surface area contributed by atoms with Gasteiger partial charge in [-0.1, -0.05) is 19.1 Å². The lowest BCUT2D eigenvalue weighted by molar-refractivity contribution is 0.121. The number of aromatic nitrogens is 4. The van der Waals surface area contributed by atoms with Gasteiger partial charge < -0.3 is 19.4 Å². The van der Waals surface area contributed by atoms with Crippen molar-refractivity contribution in [3.8, 4) is 16.9 Å². The summed E-state index contributed by atoms with van der Waals surface area (Å²) in [5.74, 6) is 2.55. The smallest absolute Gasteiger partial charge is 0.229 e. The van der Waals surface area contributed by atoms with Crippen LogP contribution in [0.25, 0.3) is 27.2 Å². The number of aryl methyl sites for hydroxylation is 1. The van der Waals surface area contributed by atoms with E-state index in [0.717, 1.165) is 48.1 Å². The normalized spacial score (nSPS) is 17.8. The first kappa shape index (κ1) is 26.8. The molecule has 1 N–H and O–H groups in total. The second kappa shape index (κ2) is 11.3. The third-order valence-corrected chi connectivity index (χ3v) is 8.96. The van der Waals surface area contributed by atoms with E-state index < -0.39 is 0 Å². The number of hydrogen-bond acceptors (Lipinski definition) is 10. The number of thiophene rings is 1. The van der Waals surface area contributed by atoms with Crippen molar-refractivity contribution in [1.82, 2.24) is 24.6 Å². The molecule has 0 spiro atoms. The van der Waals surface area contributed by atoms with Gasteiger partial charge in [0.05, 0.1) is 18.9 Å². The van der Waals surface area contributed by atoms with Crippen LogP contribution >= 0.6 is 11.3 Å². The van der Waals surface area contributed by atoms with Crippen LogP contribution in [0.15, 0.2) is 63.4 Å². The highest BCUT2D eigenvalue weighted by Crippen LogP contribution is 2.35. The standard InChI is InChI=1S/C31H33N7O3S/c1-20-8-10-36(16-20)17-23-18-38(35-21(23)2)27-7-9-32-31(34-27)33-24-5-3-22(4-6-24)25-19-42-30-26(39)15-28(41-29(25)30)37-11-13-40-14-12-37/h3-7,9,15,18-20H,8,10-14,16-17H2,1-2H3,(H,32,33,34). The minimum atomic E-state index is -0.0190. The van der Waals surface area contributed by atoms with Crippen molar-refractivity contribution in [3.05, 3.63) is 75.7 Å². The van der Waals surface area contributed by atoms with Crippen LogP contribution in [0.4, 0.5) is 17.5 Å². The molecule has 10 nitrogen and oxygen atoms in total. The summed E-state index contributed by atoms with van der Waals surface area (Å²) in [6.07, 6.45) is 5.07. The molecule has 42 heavy (non-hydrogen) atoms. The Balaban J connectivity index is 1.08. The zero-order valence-electron chi connectivity index (χ0n) is 23.7. The lowest BCUT2D eigenvalue weighted by Crippen LogP contribution is -2.36. The molecule has 5 aromatic rings. The predicted molar refractivity (Wildman–Crippen MR) is 165 cm³/mol. The molecule has 0 radical (unpaired) electrons. The average molecular weight is 584 g/mol. The minimum Gasteiger partial charge on any atom is -0.439 e. The second-order valence-electron chi connectivity index (χ2n) is 11.1. The number of hydrogen-bond donors (Lipinski definition) is 1. The summed E-state index contributed by atoms with van der Waals surface area (Å²) in [6.45, 7) is 10.2. The summed E-state index contributed by atoms with van der Waals surface area (Å²) in [5, 5.41) is 10.0. The zero-order chi connectivity index (χ0) is 28.6. The van der Waals surface area contributed by atoms with Crippen LogP contribution in [0.3, 0.4) is 0 Å². The first-order valence-corrected chi connectivity index (χ1v) is 15.2. The molecule has 216 valence electrons. The Morgan fingerprint density at radius 3 is 2.74 bits per heavy atom. The fourth-order valence-corrected chi connectivity index (χ4v) is 6.56. The van der Waals surface area contributed by atoms with Crippen molar-refractivity contribution in [3.63, 3.8) is 0 Å². The molecule has 7 rings (SSSR count). The van der Waals surface area contributed by atoms with E-state index in [4.69, 9.17) is 19.2 Å². The third-order valence-electron chi connectivity index (χ3n) is 7.98. The molecule has 1 atom stereocenters. The average Bonchev–Trinajstić information content (AvgIpc) is 3.73. The van der Waals surface area contributed by atoms with Gasteiger partial charge in [0.25, 0.3) is 0 Å². The van der Waals surface area contributed by atoms with Gasteiger partial charge in [-0.05, 0) is 43.5 Å². The molecule has 0 bridgehead atoms. The van der Waals surface area contributed by atoms with E-state index in [9.17, 15) is 4.79 Å². The first-order chi connectivity index (χ1) is 20.5. The molecule has 2 aliphatic heterocycles. The number of likely N-dealkylation sites (tertiary alicyclic amines) is 1. The van der Waals surface area contributed by atoms with E-state index in [0.29, 0.717) is 54.2 Å². The van der Waals surface area contributed by atoms with Crippen molar-refractivity contribution in [1.29, 1.82) is 0 Å². The third kappa shape index (κ3) is 5.42. The van der Waals surface area contributed by atoms with Gasteiger partial charge in [-0.25, -0.2) is 9.67 Å². The summed E-state index contributed by atoms with van der Waals surface area (Å²) in [4.78, 5) is 26.5. The highest BCUT2D eigenvalue weighted by molar-refractivity contribution is 7.17. The Labute approximate surface area is 247 Å². The summed E-state index contributed by atoms with van der Waals surface area (Å²) in [5.41, 5.74) is 5.57. The van der Waals surface area contributed by atoms with Gasteiger partial charge in [0.15, 0.2) is 17.3 Å². The number of rotatable bonds is 7. The summed E-state index contributed by atoms with van der Waals surface area (Å²) < 4.78 is 14.2. The largest absolute Gasteiger partial charge is 0.439 e. The van der Waals surface area contributed by atoms with Crippen LogP contribution < -0.4 is 15.6 Å². The molecule has 2 fully saturated rings. The van der Waals surface area contributed by atoms with E-state index in [1.807, 2.05) is 40.4 Å². The molecule has 0 amide bonds. The van der Waals surface area contributed by atoms with Crippen molar-refractivity contribution in [2.24, 2.45) is 5.92 Å². The summed E-state index contributed by atoms with van der Waals surface area (Å²) in [6, 6.07) is 11.4. The van der Waals surface area contributed by atoms with Gasteiger partial charge in [0.1, 0.15) is 4.70 Å². The Bertz CT molecular complexity index is 1770. The highest BCUT2D eigenvalue weighted by atomic mass is 32.1. The number of nitrogens with one attached hydrogen (secondary N) is 1.